The number of nitrogens with one attached hydrogen (secondary N) is 1. The smallest absolute Gasteiger partial charge is 0.307 e. The Hall–Kier alpha value is -1.36. The first-order valence-electron chi connectivity index (χ1n) is 9.67. The molecule has 4 aliphatic rings. The third kappa shape index (κ3) is 2.31. The number of aliphatic hydroxyl groups is 1. The number of aliphatic hydroxyl groups excluding tert-OH is 1. The number of carboxylic acids is 1. The van der Waals surface area contributed by atoms with Crippen LogP contribution in [0.4, 0.5) is 0 Å². The van der Waals surface area contributed by atoms with Gasteiger partial charge >= 0.3 is 5.97 Å². The van der Waals surface area contributed by atoms with Crippen molar-refractivity contribution in [1.82, 2.24) is 5.32 Å². The van der Waals surface area contributed by atoms with E-state index in [0.717, 1.165) is 32.1 Å². The zero-order chi connectivity index (χ0) is 18.0. The molecule has 7 atom stereocenters. The van der Waals surface area contributed by atoms with Crippen molar-refractivity contribution in [3.8, 4) is 0 Å². The van der Waals surface area contributed by atoms with E-state index in [-0.39, 0.29) is 28.6 Å². The highest BCUT2D eigenvalue weighted by molar-refractivity contribution is 5.88. The first-order valence-corrected chi connectivity index (χ1v) is 9.67. The van der Waals surface area contributed by atoms with E-state index in [4.69, 9.17) is 0 Å². The molecule has 0 saturated heterocycles. The predicted molar refractivity (Wildman–Crippen MR) is 92.6 cm³/mol. The van der Waals surface area contributed by atoms with Gasteiger partial charge in [0.1, 0.15) is 0 Å². The SMILES string of the molecule is C[C@]12C[C@H](O)C3C(CCC4=CC(=O)NCC[C@@]43C)C1CCC2C(=O)O. The van der Waals surface area contributed by atoms with Crippen LogP contribution in [-0.2, 0) is 9.59 Å². The Morgan fingerprint density at radius 3 is 2.76 bits per heavy atom. The van der Waals surface area contributed by atoms with Gasteiger partial charge in [0.2, 0.25) is 5.91 Å². The van der Waals surface area contributed by atoms with E-state index in [1.807, 2.05) is 0 Å². The molecule has 0 aromatic rings. The number of fused-ring (bicyclic) bond motifs is 5. The second-order valence-corrected chi connectivity index (χ2v) is 9.21. The van der Waals surface area contributed by atoms with Crippen LogP contribution >= 0.6 is 0 Å². The van der Waals surface area contributed by atoms with Crippen LogP contribution in [0.15, 0.2) is 11.6 Å². The number of allylic oxidation sites excluding steroid dienone is 1. The fourth-order valence-electron chi connectivity index (χ4n) is 7.10. The van der Waals surface area contributed by atoms with Gasteiger partial charge in [0.05, 0.1) is 12.0 Å². The highest BCUT2D eigenvalue weighted by Crippen LogP contribution is 2.66. The molecule has 25 heavy (non-hydrogen) atoms. The molecule has 0 aromatic heterocycles. The zero-order valence-corrected chi connectivity index (χ0v) is 15.1. The average molecular weight is 347 g/mol. The Balaban J connectivity index is 1.73. The van der Waals surface area contributed by atoms with Crippen LogP contribution in [0.2, 0.25) is 0 Å². The van der Waals surface area contributed by atoms with Gasteiger partial charge in [-0.1, -0.05) is 19.4 Å². The second-order valence-electron chi connectivity index (χ2n) is 9.21. The lowest BCUT2D eigenvalue weighted by atomic mass is 9.47. The van der Waals surface area contributed by atoms with E-state index in [1.165, 1.54) is 5.57 Å². The summed E-state index contributed by atoms with van der Waals surface area (Å²) in [7, 11) is 0. The molecule has 1 aliphatic heterocycles. The lowest BCUT2D eigenvalue weighted by molar-refractivity contribution is -0.157. The van der Waals surface area contributed by atoms with E-state index in [2.05, 4.69) is 19.2 Å². The highest BCUT2D eigenvalue weighted by atomic mass is 16.4. The van der Waals surface area contributed by atoms with Gasteiger partial charge in [0.15, 0.2) is 0 Å². The Bertz CT molecular complexity index is 644. The van der Waals surface area contributed by atoms with Gasteiger partial charge < -0.3 is 15.5 Å². The highest BCUT2D eigenvalue weighted by Gasteiger charge is 2.62. The third-order valence-corrected chi connectivity index (χ3v) is 8.21. The summed E-state index contributed by atoms with van der Waals surface area (Å²) < 4.78 is 0. The summed E-state index contributed by atoms with van der Waals surface area (Å²) in [5.74, 6) is -0.205. The number of hydrogen-bond donors (Lipinski definition) is 3. The maximum absolute atomic E-state index is 12.0. The van der Waals surface area contributed by atoms with Crippen molar-refractivity contribution in [2.75, 3.05) is 6.54 Å². The molecule has 4 unspecified atom stereocenters. The van der Waals surface area contributed by atoms with Gasteiger partial charge in [-0.2, -0.15) is 0 Å². The molecule has 5 nitrogen and oxygen atoms in total. The van der Waals surface area contributed by atoms with Crippen LogP contribution in [0.5, 0.6) is 0 Å². The zero-order valence-electron chi connectivity index (χ0n) is 15.1. The average Bonchev–Trinajstić information content (AvgIpc) is 2.78. The Morgan fingerprint density at radius 2 is 2.04 bits per heavy atom. The number of carbonyl (C=O) groups excluding carboxylic acids is 1. The number of amides is 1. The standard InChI is InChI=1S/C20H29NO4/c1-19-7-8-21-16(23)9-11(19)3-4-12-13-5-6-14(18(24)25)20(13,2)10-15(22)17(12)19/h9,12-15,17,22H,3-8,10H2,1-2H3,(H,21,23)(H,24,25)/t12?,13?,14?,15-,17?,19-,20-/m0/s1. The fourth-order valence-corrected chi connectivity index (χ4v) is 7.10. The topological polar surface area (TPSA) is 86.6 Å². The molecule has 0 aromatic carbocycles. The molecular weight excluding hydrogens is 318 g/mol. The maximum atomic E-state index is 12.0. The molecule has 3 N–H and O–H groups in total. The van der Waals surface area contributed by atoms with Gasteiger partial charge in [-0.25, -0.2) is 0 Å². The minimum atomic E-state index is -0.706. The van der Waals surface area contributed by atoms with Crippen LogP contribution in [0.25, 0.3) is 0 Å². The van der Waals surface area contributed by atoms with Gasteiger partial charge in [-0.15, -0.1) is 0 Å². The van der Waals surface area contributed by atoms with Gasteiger partial charge in [-0.05, 0) is 67.1 Å². The van der Waals surface area contributed by atoms with Crippen molar-refractivity contribution < 1.29 is 19.8 Å². The van der Waals surface area contributed by atoms with Crippen LogP contribution in [0.1, 0.15) is 52.4 Å². The van der Waals surface area contributed by atoms with Gasteiger partial charge in [-0.3, -0.25) is 9.59 Å². The summed E-state index contributed by atoms with van der Waals surface area (Å²) in [4.78, 5) is 23.7. The summed E-state index contributed by atoms with van der Waals surface area (Å²) in [6.45, 7) is 4.95. The molecule has 1 amide bonds. The second kappa shape index (κ2) is 5.57. The van der Waals surface area contributed by atoms with Crippen LogP contribution in [-0.4, -0.2) is 34.7 Å². The molecule has 0 radical (unpaired) electrons. The van der Waals surface area contributed by atoms with E-state index in [1.54, 1.807) is 6.08 Å². The van der Waals surface area contributed by atoms with Crippen molar-refractivity contribution in [3.05, 3.63) is 11.6 Å². The summed E-state index contributed by atoms with van der Waals surface area (Å²) in [5, 5.41) is 23.8. The Labute approximate surface area is 148 Å². The fraction of sp³-hybridized carbons (Fsp3) is 0.800. The van der Waals surface area contributed by atoms with Gasteiger partial charge in [0, 0.05) is 12.6 Å². The minimum absolute atomic E-state index is 0.0147. The summed E-state index contributed by atoms with van der Waals surface area (Å²) in [6.07, 6.45) is 6.23. The number of carboxylic acid groups (broad SMARTS) is 1. The van der Waals surface area contributed by atoms with Crippen molar-refractivity contribution in [2.24, 2.45) is 34.5 Å². The molecule has 0 spiro atoms. The largest absolute Gasteiger partial charge is 0.481 e. The number of rotatable bonds is 1. The minimum Gasteiger partial charge on any atom is -0.481 e. The van der Waals surface area contributed by atoms with E-state index < -0.39 is 12.1 Å². The molecular formula is C20H29NO4. The van der Waals surface area contributed by atoms with Crippen LogP contribution in [0.3, 0.4) is 0 Å². The quantitative estimate of drug-likeness (QED) is 0.679. The van der Waals surface area contributed by atoms with E-state index in [0.29, 0.717) is 24.8 Å². The maximum Gasteiger partial charge on any atom is 0.307 e. The first kappa shape index (κ1) is 17.1. The van der Waals surface area contributed by atoms with Crippen molar-refractivity contribution in [2.45, 2.75) is 58.5 Å². The molecule has 0 bridgehead atoms. The molecule has 3 fully saturated rings. The van der Waals surface area contributed by atoms with Crippen molar-refractivity contribution in [3.63, 3.8) is 0 Å². The number of hydrogen-bond acceptors (Lipinski definition) is 3. The molecule has 1 heterocycles. The van der Waals surface area contributed by atoms with Crippen molar-refractivity contribution in [1.29, 1.82) is 0 Å². The Morgan fingerprint density at radius 1 is 1.28 bits per heavy atom. The normalized spacial score (nSPS) is 49.2. The summed E-state index contributed by atoms with van der Waals surface area (Å²) in [6, 6.07) is 0. The molecule has 5 heteroatoms. The first-order chi connectivity index (χ1) is 11.8. The molecule has 4 rings (SSSR count). The van der Waals surface area contributed by atoms with Crippen LogP contribution in [0, 0.1) is 34.5 Å². The predicted octanol–water partition coefficient (Wildman–Crippen LogP) is 2.35. The molecule has 138 valence electrons. The lowest BCUT2D eigenvalue weighted by Crippen LogP contribution is -2.56. The van der Waals surface area contributed by atoms with Crippen molar-refractivity contribution >= 4 is 11.9 Å². The number of aliphatic carboxylic acids is 1. The van der Waals surface area contributed by atoms with E-state index >= 15 is 0 Å². The third-order valence-electron chi connectivity index (χ3n) is 8.21. The number of carbonyl (C=O) groups is 2. The summed E-state index contributed by atoms with van der Waals surface area (Å²) >= 11 is 0. The monoisotopic (exact) mass is 347 g/mol. The molecule has 3 saturated carbocycles. The lowest BCUT2D eigenvalue weighted by Gasteiger charge is -2.58. The van der Waals surface area contributed by atoms with Gasteiger partial charge in [0.25, 0.3) is 0 Å². The van der Waals surface area contributed by atoms with Crippen LogP contribution < -0.4 is 5.32 Å². The molecule has 3 aliphatic carbocycles. The van der Waals surface area contributed by atoms with E-state index in [9.17, 15) is 19.8 Å². The summed E-state index contributed by atoms with van der Waals surface area (Å²) in [5.41, 5.74) is 0.714. The Kier molecular flexibility index (Phi) is 3.80.